The maximum absolute atomic E-state index is 13.0. The standard InChI is InChI=1S/C13H19FNO.HI/c1-10(9-15(2,3)4)13(16)11-6-5-7-12(14)8-11;/h5-8,10H,9H2,1-4H3;1H/q+1;/p-1. The van der Waals surface area contributed by atoms with E-state index in [0.717, 1.165) is 11.0 Å². The molecular weight excluding hydrogens is 332 g/mol. The fourth-order valence-corrected chi connectivity index (χ4v) is 1.83. The van der Waals surface area contributed by atoms with Crippen LogP contribution in [-0.4, -0.2) is 38.0 Å². The maximum Gasteiger partial charge on any atom is 0.171 e. The van der Waals surface area contributed by atoms with Crippen molar-refractivity contribution in [3.63, 3.8) is 0 Å². The fourth-order valence-electron chi connectivity index (χ4n) is 1.83. The van der Waals surface area contributed by atoms with E-state index in [1.165, 1.54) is 12.1 Å². The van der Waals surface area contributed by atoms with E-state index in [0.29, 0.717) is 5.56 Å². The third-order valence-electron chi connectivity index (χ3n) is 2.38. The van der Waals surface area contributed by atoms with Gasteiger partial charge in [-0.25, -0.2) is 4.39 Å². The number of carbonyl (C=O) groups excluding carboxylic acids is 1. The number of quaternary nitrogens is 1. The average molecular weight is 351 g/mol. The van der Waals surface area contributed by atoms with Crippen LogP contribution in [0.5, 0.6) is 0 Å². The van der Waals surface area contributed by atoms with Crippen LogP contribution >= 0.6 is 0 Å². The van der Waals surface area contributed by atoms with E-state index >= 15 is 0 Å². The summed E-state index contributed by atoms with van der Waals surface area (Å²) in [5.41, 5.74) is 0.459. The zero-order valence-electron chi connectivity index (χ0n) is 10.7. The Balaban J connectivity index is 0.00000256. The van der Waals surface area contributed by atoms with Crippen LogP contribution in [0, 0.1) is 11.7 Å². The van der Waals surface area contributed by atoms with Gasteiger partial charge in [0.25, 0.3) is 0 Å². The Kier molecular flexibility index (Phi) is 6.26. The number of nitrogens with zero attached hydrogens (tertiary/aromatic N) is 1. The summed E-state index contributed by atoms with van der Waals surface area (Å²) in [6.07, 6.45) is 0. The summed E-state index contributed by atoms with van der Waals surface area (Å²) in [4.78, 5) is 12.0. The normalized spacial score (nSPS) is 12.8. The quantitative estimate of drug-likeness (QED) is 0.401. The molecule has 0 fully saturated rings. The van der Waals surface area contributed by atoms with Crippen LogP contribution in [0.25, 0.3) is 0 Å². The smallest absolute Gasteiger partial charge is 0.171 e. The number of benzene rings is 1. The number of ketones is 1. The van der Waals surface area contributed by atoms with E-state index < -0.39 is 0 Å². The zero-order chi connectivity index (χ0) is 12.3. The Hall–Kier alpha value is -0.490. The number of Topliss-reactive ketones (excluding diaryl/α,β-unsaturated/α-hetero) is 1. The van der Waals surface area contributed by atoms with Gasteiger partial charge in [-0.3, -0.25) is 4.79 Å². The lowest BCUT2D eigenvalue weighted by atomic mass is 9.98. The summed E-state index contributed by atoms with van der Waals surface area (Å²) in [6.45, 7) is 2.63. The van der Waals surface area contributed by atoms with Crippen molar-refractivity contribution in [2.24, 2.45) is 5.92 Å². The van der Waals surface area contributed by atoms with Crippen molar-refractivity contribution in [1.29, 1.82) is 0 Å². The molecule has 0 radical (unpaired) electrons. The second kappa shape index (κ2) is 6.44. The SMILES string of the molecule is CC(C[N+](C)(C)C)C(=O)c1cccc(F)c1.[I-]. The Labute approximate surface area is 119 Å². The number of rotatable bonds is 4. The molecule has 96 valence electrons. The summed E-state index contributed by atoms with van der Waals surface area (Å²) < 4.78 is 13.7. The molecule has 0 N–H and O–H groups in total. The van der Waals surface area contributed by atoms with Gasteiger partial charge in [0.15, 0.2) is 5.78 Å². The second-order valence-corrected chi connectivity index (χ2v) is 5.25. The molecule has 1 aromatic rings. The molecule has 0 saturated carbocycles. The van der Waals surface area contributed by atoms with Crippen LogP contribution in [0.3, 0.4) is 0 Å². The van der Waals surface area contributed by atoms with Crippen molar-refractivity contribution >= 4 is 5.78 Å². The van der Waals surface area contributed by atoms with Crippen molar-refractivity contribution in [1.82, 2.24) is 0 Å². The number of halogens is 2. The third kappa shape index (κ3) is 5.59. The van der Waals surface area contributed by atoms with E-state index in [4.69, 9.17) is 0 Å². The first-order valence-corrected chi connectivity index (χ1v) is 5.40. The lowest BCUT2D eigenvalue weighted by Crippen LogP contribution is -3.00. The molecule has 0 aromatic heterocycles. The molecule has 4 heteroatoms. The molecule has 17 heavy (non-hydrogen) atoms. The molecule has 0 aliphatic carbocycles. The maximum atomic E-state index is 13.0. The molecule has 0 saturated heterocycles. The minimum atomic E-state index is -0.358. The summed E-state index contributed by atoms with van der Waals surface area (Å²) in [7, 11) is 6.11. The average Bonchev–Trinajstić information content (AvgIpc) is 2.14. The van der Waals surface area contributed by atoms with Crippen molar-refractivity contribution in [2.75, 3.05) is 27.7 Å². The predicted octanol–water partition coefficient (Wildman–Crippen LogP) is -0.645. The first-order chi connectivity index (χ1) is 7.29. The highest BCUT2D eigenvalue weighted by molar-refractivity contribution is 5.97. The number of hydrogen-bond acceptors (Lipinski definition) is 1. The molecule has 0 amide bonds. The molecule has 0 spiro atoms. The van der Waals surface area contributed by atoms with E-state index in [9.17, 15) is 9.18 Å². The van der Waals surface area contributed by atoms with E-state index in [-0.39, 0.29) is 41.5 Å². The van der Waals surface area contributed by atoms with Crippen LogP contribution in [0.15, 0.2) is 24.3 Å². The van der Waals surface area contributed by atoms with Gasteiger partial charge >= 0.3 is 0 Å². The lowest BCUT2D eigenvalue weighted by Gasteiger charge is -2.26. The van der Waals surface area contributed by atoms with Crippen LogP contribution in [-0.2, 0) is 0 Å². The van der Waals surface area contributed by atoms with Gasteiger partial charge < -0.3 is 28.5 Å². The van der Waals surface area contributed by atoms with Gasteiger partial charge in [0.1, 0.15) is 5.82 Å². The van der Waals surface area contributed by atoms with Gasteiger partial charge in [-0.05, 0) is 19.1 Å². The summed E-state index contributed by atoms with van der Waals surface area (Å²) >= 11 is 0. The van der Waals surface area contributed by atoms with Crippen LogP contribution < -0.4 is 24.0 Å². The Morgan fingerprint density at radius 1 is 1.35 bits per heavy atom. The Bertz CT molecular complexity index is 387. The van der Waals surface area contributed by atoms with Gasteiger partial charge in [0, 0.05) is 5.56 Å². The van der Waals surface area contributed by atoms with Crippen LogP contribution in [0.2, 0.25) is 0 Å². The van der Waals surface area contributed by atoms with Crippen molar-refractivity contribution in [3.05, 3.63) is 35.6 Å². The molecule has 0 heterocycles. The Morgan fingerprint density at radius 3 is 2.41 bits per heavy atom. The summed E-state index contributed by atoms with van der Waals surface area (Å²) in [5.74, 6) is -0.447. The van der Waals surface area contributed by atoms with E-state index in [2.05, 4.69) is 0 Å². The summed E-state index contributed by atoms with van der Waals surface area (Å²) in [6, 6.07) is 5.88. The van der Waals surface area contributed by atoms with Crippen LogP contribution in [0.4, 0.5) is 4.39 Å². The first kappa shape index (κ1) is 16.5. The molecule has 1 atom stereocenters. The first-order valence-electron chi connectivity index (χ1n) is 5.40. The fraction of sp³-hybridized carbons (Fsp3) is 0.462. The van der Waals surface area contributed by atoms with Crippen molar-refractivity contribution < 1.29 is 37.6 Å². The molecule has 0 bridgehead atoms. The molecule has 1 aromatic carbocycles. The molecule has 0 aliphatic heterocycles. The lowest BCUT2D eigenvalue weighted by molar-refractivity contribution is -0.872. The molecule has 1 unspecified atom stereocenters. The van der Waals surface area contributed by atoms with Gasteiger partial charge in [0.05, 0.1) is 33.6 Å². The monoisotopic (exact) mass is 351 g/mol. The number of hydrogen-bond donors (Lipinski definition) is 0. The highest BCUT2D eigenvalue weighted by Crippen LogP contribution is 2.12. The van der Waals surface area contributed by atoms with Crippen molar-refractivity contribution in [3.8, 4) is 0 Å². The Morgan fingerprint density at radius 2 is 1.94 bits per heavy atom. The summed E-state index contributed by atoms with van der Waals surface area (Å²) in [5, 5.41) is 0. The van der Waals surface area contributed by atoms with E-state index in [1.807, 2.05) is 28.1 Å². The predicted molar refractivity (Wildman–Crippen MR) is 62.8 cm³/mol. The molecule has 0 aliphatic rings. The largest absolute Gasteiger partial charge is 1.00 e. The van der Waals surface area contributed by atoms with Crippen LogP contribution in [0.1, 0.15) is 17.3 Å². The van der Waals surface area contributed by atoms with Gasteiger partial charge in [-0.1, -0.05) is 12.1 Å². The van der Waals surface area contributed by atoms with Crippen molar-refractivity contribution in [2.45, 2.75) is 6.92 Å². The minimum absolute atomic E-state index is 0. The molecule has 2 nitrogen and oxygen atoms in total. The highest BCUT2D eigenvalue weighted by atomic mass is 127. The van der Waals surface area contributed by atoms with Gasteiger partial charge in [0.2, 0.25) is 0 Å². The zero-order valence-corrected chi connectivity index (χ0v) is 12.9. The topological polar surface area (TPSA) is 17.1 Å². The van der Waals surface area contributed by atoms with E-state index in [1.54, 1.807) is 12.1 Å². The molecule has 1 rings (SSSR count). The minimum Gasteiger partial charge on any atom is -1.00 e. The second-order valence-electron chi connectivity index (χ2n) is 5.25. The molecular formula is C13H19FINO. The van der Waals surface area contributed by atoms with Gasteiger partial charge in [-0.2, -0.15) is 0 Å². The highest BCUT2D eigenvalue weighted by Gasteiger charge is 2.21. The third-order valence-corrected chi connectivity index (χ3v) is 2.38. The van der Waals surface area contributed by atoms with Gasteiger partial charge in [-0.15, -0.1) is 0 Å². The number of carbonyl (C=O) groups is 1.